The van der Waals surface area contributed by atoms with Crippen LogP contribution in [0.1, 0.15) is 12.8 Å². The van der Waals surface area contributed by atoms with E-state index >= 15 is 0 Å². The molecule has 0 spiro atoms. The van der Waals surface area contributed by atoms with E-state index in [4.69, 9.17) is 10.5 Å². The van der Waals surface area contributed by atoms with Crippen LogP contribution in [0.4, 0.5) is 11.4 Å². The summed E-state index contributed by atoms with van der Waals surface area (Å²) in [5.41, 5.74) is 8.99. The summed E-state index contributed by atoms with van der Waals surface area (Å²) in [5, 5.41) is 1.12. The van der Waals surface area contributed by atoms with Crippen molar-refractivity contribution in [1.82, 2.24) is 4.98 Å². The fourth-order valence-corrected chi connectivity index (χ4v) is 2.79. The first-order valence-electron chi connectivity index (χ1n) is 6.71. The van der Waals surface area contributed by atoms with Crippen molar-refractivity contribution in [1.29, 1.82) is 0 Å². The number of nitrogens with two attached hydrogens (primary N) is 1. The van der Waals surface area contributed by atoms with Crippen LogP contribution in [0.3, 0.4) is 0 Å². The van der Waals surface area contributed by atoms with Crippen molar-refractivity contribution in [3.63, 3.8) is 0 Å². The second-order valence-electron chi connectivity index (χ2n) is 5.03. The lowest BCUT2D eigenvalue weighted by Crippen LogP contribution is -2.37. The maximum atomic E-state index is 6.16. The highest BCUT2D eigenvalue weighted by Crippen LogP contribution is 2.33. The molecule has 4 nitrogen and oxygen atoms in total. The van der Waals surface area contributed by atoms with E-state index in [0.717, 1.165) is 48.3 Å². The van der Waals surface area contributed by atoms with Crippen molar-refractivity contribution in [2.24, 2.45) is 0 Å². The first-order chi connectivity index (χ1) is 9.27. The molecule has 0 radical (unpaired) electrons. The number of hydrogen-bond acceptors (Lipinski definition) is 4. The van der Waals surface area contributed by atoms with Crippen molar-refractivity contribution in [2.45, 2.75) is 18.9 Å². The van der Waals surface area contributed by atoms with Gasteiger partial charge in [-0.1, -0.05) is 18.2 Å². The number of benzene rings is 1. The van der Waals surface area contributed by atoms with Crippen molar-refractivity contribution < 1.29 is 4.74 Å². The summed E-state index contributed by atoms with van der Waals surface area (Å²) in [4.78, 5) is 6.69. The zero-order valence-electron chi connectivity index (χ0n) is 11.2. The monoisotopic (exact) mass is 257 g/mol. The van der Waals surface area contributed by atoms with E-state index in [1.54, 1.807) is 6.20 Å². The molecule has 3 rings (SSSR count). The summed E-state index contributed by atoms with van der Waals surface area (Å²) >= 11 is 0. The summed E-state index contributed by atoms with van der Waals surface area (Å²) in [6, 6.07) is 8.64. The first-order valence-corrected chi connectivity index (χ1v) is 6.71. The number of hydrogen-bond donors (Lipinski definition) is 1. The summed E-state index contributed by atoms with van der Waals surface area (Å²) in [6.45, 7) is 1.66. The lowest BCUT2D eigenvalue weighted by atomic mass is 10.0. The van der Waals surface area contributed by atoms with Crippen molar-refractivity contribution in [3.8, 4) is 0 Å². The van der Waals surface area contributed by atoms with E-state index in [2.05, 4.69) is 23.0 Å². The third-order valence-corrected chi connectivity index (χ3v) is 3.87. The molecule has 100 valence electrons. The van der Waals surface area contributed by atoms with Crippen LogP contribution < -0.4 is 10.6 Å². The Morgan fingerprint density at radius 3 is 2.79 bits per heavy atom. The van der Waals surface area contributed by atoms with E-state index in [1.165, 1.54) is 0 Å². The molecule has 2 N–H and O–H groups in total. The number of nitrogen functional groups attached to an aromatic ring is 1. The largest absolute Gasteiger partial charge is 0.396 e. The van der Waals surface area contributed by atoms with Crippen molar-refractivity contribution in [2.75, 3.05) is 30.9 Å². The van der Waals surface area contributed by atoms with Gasteiger partial charge in [-0.05, 0) is 18.9 Å². The Hall–Kier alpha value is -1.81. The molecule has 2 heterocycles. The number of aromatic nitrogens is 1. The lowest BCUT2D eigenvalue weighted by Gasteiger charge is -2.34. The van der Waals surface area contributed by atoms with Crippen LogP contribution in [0, 0.1) is 0 Å². The van der Waals surface area contributed by atoms with Crippen LogP contribution in [-0.2, 0) is 4.74 Å². The highest BCUT2D eigenvalue weighted by atomic mass is 16.5. The maximum Gasteiger partial charge on any atom is 0.0745 e. The Balaban J connectivity index is 2.05. The highest BCUT2D eigenvalue weighted by Gasteiger charge is 2.21. The zero-order chi connectivity index (χ0) is 13.2. The van der Waals surface area contributed by atoms with Gasteiger partial charge in [0.15, 0.2) is 0 Å². The number of fused-ring (bicyclic) bond motifs is 1. The molecule has 0 saturated carbocycles. The molecule has 0 unspecified atom stereocenters. The number of rotatable bonds is 2. The maximum absolute atomic E-state index is 6.16. The minimum absolute atomic E-state index is 0.488. The van der Waals surface area contributed by atoms with Gasteiger partial charge in [-0.2, -0.15) is 0 Å². The molecule has 1 fully saturated rings. The molecule has 1 saturated heterocycles. The minimum Gasteiger partial charge on any atom is -0.396 e. The van der Waals surface area contributed by atoms with E-state index in [9.17, 15) is 0 Å². The average molecular weight is 257 g/mol. The molecular formula is C15H19N3O. The van der Waals surface area contributed by atoms with Crippen LogP contribution in [0.15, 0.2) is 30.5 Å². The molecule has 0 atom stereocenters. The second-order valence-corrected chi connectivity index (χ2v) is 5.03. The molecule has 0 amide bonds. The van der Waals surface area contributed by atoms with Gasteiger partial charge in [-0.15, -0.1) is 0 Å². The molecule has 1 aliphatic heterocycles. The van der Waals surface area contributed by atoms with E-state index in [1.807, 2.05) is 18.2 Å². The Bertz CT molecular complexity index is 579. The van der Waals surface area contributed by atoms with Gasteiger partial charge in [0, 0.05) is 31.7 Å². The Labute approximate surface area is 113 Å². The standard InChI is InChI=1S/C15H19N3O/c1-18(11-6-8-19-9-7-11)15-12-4-2-3-5-14(12)17-10-13(15)16/h2-5,10-11H,6-9,16H2,1H3. The number of nitrogens with zero attached hydrogens (tertiary/aromatic N) is 2. The molecule has 4 heteroatoms. The molecule has 19 heavy (non-hydrogen) atoms. The van der Waals surface area contributed by atoms with Crippen LogP contribution in [0.5, 0.6) is 0 Å². The highest BCUT2D eigenvalue weighted by molar-refractivity contribution is 5.97. The molecular weight excluding hydrogens is 238 g/mol. The lowest BCUT2D eigenvalue weighted by molar-refractivity contribution is 0.0855. The fourth-order valence-electron chi connectivity index (χ4n) is 2.79. The van der Waals surface area contributed by atoms with Crippen molar-refractivity contribution >= 4 is 22.3 Å². The SMILES string of the molecule is CN(c1c(N)cnc2ccccc12)C1CCOCC1. The quantitative estimate of drug-likeness (QED) is 0.897. The predicted octanol–water partition coefficient (Wildman–Crippen LogP) is 2.43. The van der Waals surface area contributed by atoms with Crippen LogP contribution in [-0.4, -0.2) is 31.3 Å². The van der Waals surface area contributed by atoms with Crippen LogP contribution in [0.2, 0.25) is 0 Å². The summed E-state index contributed by atoms with van der Waals surface area (Å²) in [5.74, 6) is 0. The average Bonchev–Trinajstić information content (AvgIpc) is 2.47. The molecule has 2 aromatic rings. The van der Waals surface area contributed by atoms with Crippen LogP contribution in [0.25, 0.3) is 10.9 Å². The first kappa shape index (κ1) is 12.2. The Kier molecular flexibility index (Phi) is 3.25. The predicted molar refractivity (Wildman–Crippen MR) is 78.4 cm³/mol. The third kappa shape index (κ3) is 2.24. The molecule has 1 aromatic carbocycles. The van der Waals surface area contributed by atoms with Gasteiger partial charge >= 0.3 is 0 Å². The third-order valence-electron chi connectivity index (χ3n) is 3.87. The van der Waals surface area contributed by atoms with Gasteiger partial charge < -0.3 is 15.4 Å². The van der Waals surface area contributed by atoms with Gasteiger partial charge in [0.2, 0.25) is 0 Å². The van der Waals surface area contributed by atoms with E-state index < -0.39 is 0 Å². The normalized spacial score (nSPS) is 16.7. The molecule has 0 bridgehead atoms. The number of ether oxygens (including phenoxy) is 1. The van der Waals surface area contributed by atoms with Gasteiger partial charge in [-0.25, -0.2) is 0 Å². The molecule has 0 aliphatic carbocycles. The van der Waals surface area contributed by atoms with Gasteiger partial charge in [0.05, 0.1) is 23.1 Å². The Morgan fingerprint density at radius 1 is 1.26 bits per heavy atom. The fraction of sp³-hybridized carbons (Fsp3) is 0.400. The zero-order valence-corrected chi connectivity index (χ0v) is 11.2. The van der Waals surface area contributed by atoms with Gasteiger partial charge in [0.1, 0.15) is 0 Å². The smallest absolute Gasteiger partial charge is 0.0745 e. The Morgan fingerprint density at radius 2 is 2.00 bits per heavy atom. The molecule has 1 aromatic heterocycles. The summed E-state index contributed by atoms with van der Waals surface area (Å²) in [6.07, 6.45) is 3.85. The number of pyridine rings is 1. The summed E-state index contributed by atoms with van der Waals surface area (Å²) in [7, 11) is 2.12. The van der Waals surface area contributed by atoms with Gasteiger partial charge in [0.25, 0.3) is 0 Å². The van der Waals surface area contributed by atoms with E-state index in [-0.39, 0.29) is 0 Å². The second kappa shape index (κ2) is 5.05. The van der Waals surface area contributed by atoms with Crippen LogP contribution >= 0.6 is 0 Å². The van der Waals surface area contributed by atoms with E-state index in [0.29, 0.717) is 6.04 Å². The minimum atomic E-state index is 0.488. The number of anilines is 2. The molecule has 1 aliphatic rings. The summed E-state index contributed by atoms with van der Waals surface area (Å²) < 4.78 is 5.43. The van der Waals surface area contributed by atoms with Crippen molar-refractivity contribution in [3.05, 3.63) is 30.5 Å². The number of para-hydroxylation sites is 1. The van der Waals surface area contributed by atoms with Gasteiger partial charge in [-0.3, -0.25) is 4.98 Å². The topological polar surface area (TPSA) is 51.4 Å².